The second-order valence-electron chi connectivity index (χ2n) is 4.61. The molecular weight excluding hydrogens is 291 g/mol. The van der Waals surface area contributed by atoms with Crippen molar-refractivity contribution in [2.45, 2.75) is 25.8 Å². The highest BCUT2D eigenvalue weighted by molar-refractivity contribution is 7.13. The number of rotatable bonds is 6. The van der Waals surface area contributed by atoms with Crippen LogP contribution in [0.1, 0.15) is 30.3 Å². The highest BCUT2D eigenvalue weighted by atomic mass is 32.1. The molecule has 21 heavy (non-hydrogen) atoms. The number of carbonyl (C=O) groups excluding carboxylic acids is 1. The van der Waals surface area contributed by atoms with Gasteiger partial charge in [-0.15, -0.1) is 11.3 Å². The quantitative estimate of drug-likeness (QED) is 0.862. The van der Waals surface area contributed by atoms with Gasteiger partial charge in [0.2, 0.25) is 0 Å². The van der Waals surface area contributed by atoms with Crippen LogP contribution in [0, 0.1) is 5.82 Å². The van der Waals surface area contributed by atoms with Crippen LogP contribution in [0.25, 0.3) is 10.6 Å². The SMILES string of the molecule is CCC(CCO)NC(=O)c1csc(-c2ccccc2F)n1. The van der Waals surface area contributed by atoms with Gasteiger partial charge in [-0.05, 0) is 25.0 Å². The normalized spacial score (nSPS) is 12.1. The summed E-state index contributed by atoms with van der Waals surface area (Å²) >= 11 is 1.23. The maximum absolute atomic E-state index is 13.7. The summed E-state index contributed by atoms with van der Waals surface area (Å²) < 4.78 is 13.7. The fourth-order valence-electron chi connectivity index (χ4n) is 1.93. The molecule has 0 saturated heterocycles. The van der Waals surface area contributed by atoms with Gasteiger partial charge in [-0.1, -0.05) is 19.1 Å². The van der Waals surface area contributed by atoms with E-state index in [4.69, 9.17) is 5.11 Å². The Morgan fingerprint density at radius 2 is 2.24 bits per heavy atom. The predicted octanol–water partition coefficient (Wildman–Crippen LogP) is 2.84. The van der Waals surface area contributed by atoms with Gasteiger partial charge in [0.25, 0.3) is 5.91 Å². The summed E-state index contributed by atoms with van der Waals surface area (Å²) in [5, 5.41) is 13.8. The van der Waals surface area contributed by atoms with Crippen molar-refractivity contribution in [3.8, 4) is 10.6 Å². The van der Waals surface area contributed by atoms with E-state index in [0.717, 1.165) is 6.42 Å². The van der Waals surface area contributed by atoms with Crippen LogP contribution in [0.2, 0.25) is 0 Å². The zero-order chi connectivity index (χ0) is 15.2. The first-order valence-corrected chi connectivity index (χ1v) is 7.65. The molecule has 6 heteroatoms. The van der Waals surface area contributed by atoms with Crippen molar-refractivity contribution < 1.29 is 14.3 Å². The molecule has 2 N–H and O–H groups in total. The van der Waals surface area contributed by atoms with Crippen molar-refractivity contribution in [2.75, 3.05) is 6.61 Å². The molecule has 0 spiro atoms. The second-order valence-corrected chi connectivity index (χ2v) is 5.47. The number of hydrogen-bond donors (Lipinski definition) is 2. The zero-order valence-corrected chi connectivity index (χ0v) is 12.5. The van der Waals surface area contributed by atoms with E-state index in [9.17, 15) is 9.18 Å². The molecule has 4 nitrogen and oxygen atoms in total. The van der Waals surface area contributed by atoms with Crippen LogP contribution in [-0.4, -0.2) is 28.6 Å². The van der Waals surface area contributed by atoms with E-state index in [1.165, 1.54) is 17.4 Å². The van der Waals surface area contributed by atoms with Gasteiger partial charge < -0.3 is 10.4 Å². The van der Waals surface area contributed by atoms with Crippen LogP contribution in [0.5, 0.6) is 0 Å². The number of aromatic nitrogens is 1. The Labute approximate surface area is 126 Å². The van der Waals surface area contributed by atoms with Crippen molar-refractivity contribution in [2.24, 2.45) is 0 Å². The van der Waals surface area contributed by atoms with E-state index < -0.39 is 0 Å². The maximum Gasteiger partial charge on any atom is 0.270 e. The van der Waals surface area contributed by atoms with Crippen LogP contribution in [0.4, 0.5) is 4.39 Å². The summed E-state index contributed by atoms with van der Waals surface area (Å²) in [5.74, 6) is -0.653. The molecule has 0 aliphatic carbocycles. The van der Waals surface area contributed by atoms with Crippen LogP contribution in [0.15, 0.2) is 29.6 Å². The van der Waals surface area contributed by atoms with Gasteiger partial charge in [-0.3, -0.25) is 4.79 Å². The van der Waals surface area contributed by atoms with Gasteiger partial charge in [0.15, 0.2) is 0 Å². The second kappa shape index (κ2) is 7.28. The van der Waals surface area contributed by atoms with Crippen molar-refractivity contribution in [3.63, 3.8) is 0 Å². The minimum atomic E-state index is -0.356. The molecular formula is C15H17FN2O2S. The molecule has 1 amide bonds. The lowest BCUT2D eigenvalue weighted by molar-refractivity contribution is 0.0925. The highest BCUT2D eigenvalue weighted by Crippen LogP contribution is 2.26. The summed E-state index contributed by atoms with van der Waals surface area (Å²) in [6, 6.07) is 6.26. The Kier molecular flexibility index (Phi) is 5.41. The predicted molar refractivity (Wildman–Crippen MR) is 80.8 cm³/mol. The number of carbonyl (C=O) groups is 1. The fourth-order valence-corrected chi connectivity index (χ4v) is 2.76. The van der Waals surface area contributed by atoms with E-state index in [2.05, 4.69) is 10.3 Å². The van der Waals surface area contributed by atoms with E-state index >= 15 is 0 Å². The molecule has 1 atom stereocenters. The molecule has 1 unspecified atom stereocenters. The topological polar surface area (TPSA) is 62.2 Å². The maximum atomic E-state index is 13.7. The lowest BCUT2D eigenvalue weighted by Gasteiger charge is -2.14. The Bertz CT molecular complexity index is 615. The van der Waals surface area contributed by atoms with Crippen LogP contribution in [-0.2, 0) is 0 Å². The summed E-state index contributed by atoms with van der Waals surface area (Å²) in [5.41, 5.74) is 0.665. The third-order valence-electron chi connectivity index (χ3n) is 3.15. The number of hydrogen-bond acceptors (Lipinski definition) is 4. The summed E-state index contributed by atoms with van der Waals surface area (Å²) in [7, 11) is 0. The molecule has 1 heterocycles. The molecule has 0 aliphatic heterocycles. The Morgan fingerprint density at radius 3 is 2.90 bits per heavy atom. The van der Waals surface area contributed by atoms with Gasteiger partial charge in [0, 0.05) is 23.6 Å². The minimum Gasteiger partial charge on any atom is -0.396 e. The molecule has 0 bridgehead atoms. The van der Waals surface area contributed by atoms with Gasteiger partial charge >= 0.3 is 0 Å². The third kappa shape index (κ3) is 3.86. The van der Waals surface area contributed by atoms with Crippen molar-refractivity contribution in [1.82, 2.24) is 10.3 Å². The van der Waals surface area contributed by atoms with E-state index in [1.54, 1.807) is 23.6 Å². The van der Waals surface area contributed by atoms with E-state index in [0.29, 0.717) is 17.0 Å². The van der Waals surface area contributed by atoms with Crippen LogP contribution < -0.4 is 5.32 Å². The lowest BCUT2D eigenvalue weighted by atomic mass is 10.1. The van der Waals surface area contributed by atoms with Gasteiger partial charge in [0.1, 0.15) is 16.5 Å². The number of aliphatic hydroxyl groups is 1. The number of benzene rings is 1. The first-order chi connectivity index (χ1) is 10.2. The molecule has 1 aromatic carbocycles. The van der Waals surface area contributed by atoms with Crippen LogP contribution in [0.3, 0.4) is 0 Å². The van der Waals surface area contributed by atoms with Crippen molar-refractivity contribution in [3.05, 3.63) is 41.2 Å². The molecule has 0 radical (unpaired) electrons. The number of thiazole rings is 1. The Balaban J connectivity index is 2.13. The molecule has 0 fully saturated rings. The monoisotopic (exact) mass is 308 g/mol. The third-order valence-corrected chi connectivity index (χ3v) is 4.02. The van der Waals surface area contributed by atoms with E-state index in [1.807, 2.05) is 6.92 Å². The lowest BCUT2D eigenvalue weighted by Crippen LogP contribution is -2.35. The molecule has 2 rings (SSSR count). The number of amides is 1. The first-order valence-electron chi connectivity index (χ1n) is 6.77. The zero-order valence-electron chi connectivity index (χ0n) is 11.7. The number of nitrogens with zero attached hydrogens (tertiary/aromatic N) is 1. The van der Waals surface area contributed by atoms with Gasteiger partial charge in [-0.2, -0.15) is 0 Å². The highest BCUT2D eigenvalue weighted by Gasteiger charge is 2.16. The molecule has 2 aromatic rings. The van der Waals surface area contributed by atoms with Gasteiger partial charge in [-0.25, -0.2) is 9.37 Å². The molecule has 1 aromatic heterocycles. The first kappa shape index (κ1) is 15.6. The standard InChI is InChI=1S/C15H17FN2O2S/c1-2-10(7-8-19)17-14(20)13-9-21-15(18-13)11-5-3-4-6-12(11)16/h3-6,9-10,19H,2,7-8H2,1H3,(H,17,20). The smallest absolute Gasteiger partial charge is 0.270 e. The van der Waals surface area contributed by atoms with Crippen molar-refractivity contribution in [1.29, 1.82) is 0 Å². The Morgan fingerprint density at radius 1 is 1.48 bits per heavy atom. The average Bonchev–Trinajstić information content (AvgIpc) is 2.97. The summed E-state index contributed by atoms with van der Waals surface area (Å²) in [4.78, 5) is 16.3. The summed E-state index contributed by atoms with van der Waals surface area (Å²) in [6.07, 6.45) is 1.24. The number of aliphatic hydroxyl groups excluding tert-OH is 1. The molecule has 112 valence electrons. The number of halogens is 1. The van der Waals surface area contributed by atoms with Crippen molar-refractivity contribution >= 4 is 17.2 Å². The molecule has 0 saturated carbocycles. The van der Waals surface area contributed by atoms with Crippen LogP contribution >= 0.6 is 11.3 Å². The van der Waals surface area contributed by atoms with Gasteiger partial charge in [0.05, 0.1) is 0 Å². The average molecular weight is 308 g/mol. The van der Waals surface area contributed by atoms with E-state index in [-0.39, 0.29) is 30.1 Å². The minimum absolute atomic E-state index is 0.0241. The Hall–Kier alpha value is -1.79. The molecule has 0 aliphatic rings. The summed E-state index contributed by atoms with van der Waals surface area (Å²) in [6.45, 7) is 1.96. The number of nitrogens with one attached hydrogen (secondary N) is 1. The fraction of sp³-hybridized carbons (Fsp3) is 0.333. The largest absolute Gasteiger partial charge is 0.396 e.